The van der Waals surface area contributed by atoms with Crippen LogP contribution in [0.25, 0.3) is 0 Å². The van der Waals surface area contributed by atoms with Gasteiger partial charge in [0.1, 0.15) is 5.75 Å². The highest BCUT2D eigenvalue weighted by atomic mass is 79.9. The first-order valence-electron chi connectivity index (χ1n) is 7.48. The SMILES string of the molecule is COc1ccc(CCNC(=O)COc2ccc(Br)cc2)cc1OC. The lowest BCUT2D eigenvalue weighted by Crippen LogP contribution is -2.30. The molecule has 0 bridgehead atoms. The zero-order valence-electron chi connectivity index (χ0n) is 13.7. The summed E-state index contributed by atoms with van der Waals surface area (Å²) in [5, 5.41) is 2.83. The number of hydrogen-bond acceptors (Lipinski definition) is 4. The molecule has 128 valence electrons. The van der Waals surface area contributed by atoms with Gasteiger partial charge in [-0.1, -0.05) is 22.0 Å². The third-order valence-electron chi connectivity index (χ3n) is 3.37. The fraction of sp³-hybridized carbons (Fsp3) is 0.278. The summed E-state index contributed by atoms with van der Waals surface area (Å²) in [5.74, 6) is 1.87. The van der Waals surface area contributed by atoms with Crippen LogP contribution in [0.5, 0.6) is 17.2 Å². The second-order valence-corrected chi connectivity index (χ2v) is 5.95. The Morgan fingerprint density at radius 3 is 2.42 bits per heavy atom. The van der Waals surface area contributed by atoms with Crippen LogP contribution in [0.1, 0.15) is 5.56 Å². The smallest absolute Gasteiger partial charge is 0.257 e. The quantitative estimate of drug-likeness (QED) is 0.747. The Kier molecular flexibility index (Phi) is 6.93. The number of carbonyl (C=O) groups excluding carboxylic acids is 1. The first kappa shape index (κ1) is 18.1. The van der Waals surface area contributed by atoms with Crippen LogP contribution in [0, 0.1) is 0 Å². The van der Waals surface area contributed by atoms with Crippen LogP contribution in [-0.2, 0) is 11.2 Å². The predicted octanol–water partition coefficient (Wildman–Crippen LogP) is 3.20. The van der Waals surface area contributed by atoms with Crippen molar-refractivity contribution in [2.24, 2.45) is 0 Å². The second-order valence-electron chi connectivity index (χ2n) is 5.03. The number of hydrogen-bond donors (Lipinski definition) is 1. The van der Waals surface area contributed by atoms with E-state index < -0.39 is 0 Å². The van der Waals surface area contributed by atoms with Crippen LogP contribution in [0.2, 0.25) is 0 Å². The van der Waals surface area contributed by atoms with Crippen molar-refractivity contribution in [2.45, 2.75) is 6.42 Å². The Hall–Kier alpha value is -2.21. The molecule has 0 aliphatic heterocycles. The molecule has 2 aromatic rings. The molecule has 0 aromatic heterocycles. The normalized spacial score (nSPS) is 10.1. The van der Waals surface area contributed by atoms with E-state index in [0.29, 0.717) is 30.2 Å². The lowest BCUT2D eigenvalue weighted by molar-refractivity contribution is -0.123. The van der Waals surface area contributed by atoms with Crippen molar-refractivity contribution >= 4 is 21.8 Å². The van der Waals surface area contributed by atoms with E-state index in [1.165, 1.54) is 0 Å². The van der Waals surface area contributed by atoms with Crippen LogP contribution in [0.15, 0.2) is 46.9 Å². The van der Waals surface area contributed by atoms with Gasteiger partial charge in [0.25, 0.3) is 5.91 Å². The average molecular weight is 394 g/mol. The zero-order chi connectivity index (χ0) is 17.4. The Balaban J connectivity index is 1.75. The molecule has 6 heteroatoms. The first-order valence-corrected chi connectivity index (χ1v) is 8.27. The molecule has 24 heavy (non-hydrogen) atoms. The van der Waals surface area contributed by atoms with Crippen molar-refractivity contribution in [3.63, 3.8) is 0 Å². The van der Waals surface area contributed by atoms with Gasteiger partial charge >= 0.3 is 0 Å². The number of carbonyl (C=O) groups is 1. The summed E-state index contributed by atoms with van der Waals surface area (Å²) in [6, 6.07) is 13.1. The summed E-state index contributed by atoms with van der Waals surface area (Å²) in [4.78, 5) is 11.8. The molecule has 0 fully saturated rings. The lowest BCUT2D eigenvalue weighted by Gasteiger charge is -2.10. The molecule has 5 nitrogen and oxygen atoms in total. The fourth-order valence-electron chi connectivity index (χ4n) is 2.11. The van der Waals surface area contributed by atoms with Gasteiger partial charge in [-0.3, -0.25) is 4.79 Å². The third kappa shape index (κ3) is 5.45. The summed E-state index contributed by atoms with van der Waals surface area (Å²) < 4.78 is 16.9. The Morgan fingerprint density at radius 1 is 1.04 bits per heavy atom. The number of ether oxygens (including phenoxy) is 3. The zero-order valence-corrected chi connectivity index (χ0v) is 15.3. The van der Waals surface area contributed by atoms with E-state index in [1.54, 1.807) is 26.4 Å². The number of benzene rings is 2. The van der Waals surface area contributed by atoms with E-state index in [-0.39, 0.29) is 12.5 Å². The minimum absolute atomic E-state index is 0.00638. The molecule has 1 N–H and O–H groups in total. The van der Waals surface area contributed by atoms with Crippen LogP contribution >= 0.6 is 15.9 Å². The molecule has 0 aliphatic carbocycles. The molecule has 0 atom stereocenters. The van der Waals surface area contributed by atoms with Gasteiger partial charge in [-0.15, -0.1) is 0 Å². The average Bonchev–Trinajstić information content (AvgIpc) is 2.61. The summed E-state index contributed by atoms with van der Waals surface area (Å²) >= 11 is 3.35. The Labute approximate surface area is 150 Å². The van der Waals surface area contributed by atoms with Gasteiger partial charge in [0, 0.05) is 11.0 Å². The summed E-state index contributed by atoms with van der Waals surface area (Å²) in [5.41, 5.74) is 1.06. The molecule has 0 aliphatic rings. The highest BCUT2D eigenvalue weighted by molar-refractivity contribution is 9.10. The summed E-state index contributed by atoms with van der Waals surface area (Å²) in [6.45, 7) is 0.519. The Morgan fingerprint density at radius 2 is 1.75 bits per heavy atom. The van der Waals surface area contributed by atoms with E-state index >= 15 is 0 Å². The number of amides is 1. The number of methoxy groups -OCH3 is 2. The number of nitrogens with one attached hydrogen (secondary N) is 1. The summed E-state index contributed by atoms with van der Waals surface area (Å²) in [7, 11) is 3.20. The molecule has 2 aromatic carbocycles. The molecule has 0 heterocycles. The highest BCUT2D eigenvalue weighted by Crippen LogP contribution is 2.27. The van der Waals surface area contributed by atoms with E-state index in [1.807, 2.05) is 30.3 Å². The second kappa shape index (κ2) is 9.17. The fourth-order valence-corrected chi connectivity index (χ4v) is 2.38. The van der Waals surface area contributed by atoms with Crippen LogP contribution in [0.3, 0.4) is 0 Å². The van der Waals surface area contributed by atoms with Crippen LogP contribution < -0.4 is 19.5 Å². The third-order valence-corrected chi connectivity index (χ3v) is 3.90. The molecule has 0 unspecified atom stereocenters. The van der Waals surface area contributed by atoms with Crippen molar-refractivity contribution in [3.05, 3.63) is 52.5 Å². The number of halogens is 1. The highest BCUT2D eigenvalue weighted by Gasteiger charge is 2.06. The minimum Gasteiger partial charge on any atom is -0.493 e. The predicted molar refractivity (Wildman–Crippen MR) is 95.9 cm³/mol. The molecular formula is C18H20BrNO4. The van der Waals surface area contributed by atoms with Gasteiger partial charge < -0.3 is 19.5 Å². The maximum Gasteiger partial charge on any atom is 0.257 e. The largest absolute Gasteiger partial charge is 0.493 e. The molecule has 0 saturated carbocycles. The van der Waals surface area contributed by atoms with E-state index in [4.69, 9.17) is 14.2 Å². The maximum absolute atomic E-state index is 11.8. The van der Waals surface area contributed by atoms with Gasteiger partial charge in [0.15, 0.2) is 18.1 Å². The van der Waals surface area contributed by atoms with Crippen molar-refractivity contribution < 1.29 is 19.0 Å². The van der Waals surface area contributed by atoms with Gasteiger partial charge in [0.05, 0.1) is 14.2 Å². The van der Waals surface area contributed by atoms with Crippen molar-refractivity contribution in [2.75, 3.05) is 27.4 Å². The van der Waals surface area contributed by atoms with E-state index in [2.05, 4.69) is 21.2 Å². The van der Waals surface area contributed by atoms with Crippen molar-refractivity contribution in [1.82, 2.24) is 5.32 Å². The van der Waals surface area contributed by atoms with Gasteiger partial charge in [-0.2, -0.15) is 0 Å². The molecule has 0 radical (unpaired) electrons. The van der Waals surface area contributed by atoms with Gasteiger partial charge in [-0.25, -0.2) is 0 Å². The first-order chi connectivity index (χ1) is 11.6. The number of rotatable bonds is 8. The molecule has 0 saturated heterocycles. The van der Waals surface area contributed by atoms with Crippen LogP contribution in [-0.4, -0.2) is 33.3 Å². The summed E-state index contributed by atoms with van der Waals surface area (Å²) in [6.07, 6.45) is 0.699. The van der Waals surface area contributed by atoms with Gasteiger partial charge in [-0.05, 0) is 48.4 Å². The Bertz CT molecular complexity index is 673. The van der Waals surface area contributed by atoms with Crippen molar-refractivity contribution in [3.8, 4) is 17.2 Å². The monoisotopic (exact) mass is 393 g/mol. The van der Waals surface area contributed by atoms with Crippen LogP contribution in [0.4, 0.5) is 0 Å². The molecule has 2 rings (SSSR count). The standard InChI is InChI=1S/C18H20BrNO4/c1-22-16-8-3-13(11-17(16)23-2)9-10-20-18(21)12-24-15-6-4-14(19)5-7-15/h3-8,11H,9-10,12H2,1-2H3,(H,20,21). The van der Waals surface area contributed by atoms with E-state index in [9.17, 15) is 4.79 Å². The molecule has 1 amide bonds. The maximum atomic E-state index is 11.8. The minimum atomic E-state index is -0.154. The lowest BCUT2D eigenvalue weighted by atomic mass is 10.1. The molecule has 0 spiro atoms. The molecular weight excluding hydrogens is 374 g/mol. The van der Waals surface area contributed by atoms with Crippen molar-refractivity contribution in [1.29, 1.82) is 0 Å². The van der Waals surface area contributed by atoms with E-state index in [0.717, 1.165) is 10.0 Å². The van der Waals surface area contributed by atoms with Gasteiger partial charge in [0.2, 0.25) is 0 Å². The topological polar surface area (TPSA) is 56.8 Å².